The van der Waals surface area contributed by atoms with E-state index in [0.717, 1.165) is 12.1 Å². The van der Waals surface area contributed by atoms with E-state index in [-0.39, 0.29) is 9.87 Å². The van der Waals surface area contributed by atoms with Crippen LogP contribution in [-0.2, 0) is 19.6 Å². The van der Waals surface area contributed by atoms with Crippen molar-refractivity contribution in [2.24, 2.45) is 0 Å². The van der Waals surface area contributed by atoms with Crippen LogP contribution < -0.4 is 0 Å². The molecule has 0 saturated heterocycles. The zero-order valence-corrected chi connectivity index (χ0v) is 19.4. The number of benzene rings is 2. The second kappa shape index (κ2) is 9.64. The van der Waals surface area contributed by atoms with E-state index in [1.54, 1.807) is 18.2 Å². The predicted molar refractivity (Wildman–Crippen MR) is 117 cm³/mol. The van der Waals surface area contributed by atoms with Crippen LogP contribution >= 0.6 is 0 Å². The van der Waals surface area contributed by atoms with E-state index in [2.05, 4.69) is 6.58 Å². The van der Waals surface area contributed by atoms with E-state index in [9.17, 15) is 30.8 Å². The van der Waals surface area contributed by atoms with Crippen molar-refractivity contribution >= 4 is 22.1 Å². The number of carbonyl (C=O) groups excluding carboxylic acids is 1. The Morgan fingerprint density at radius 1 is 1.06 bits per heavy atom. The summed E-state index contributed by atoms with van der Waals surface area (Å²) in [6.07, 6.45) is 1.43. The number of sulfonamides is 1. The molecule has 0 radical (unpaired) electrons. The lowest BCUT2D eigenvalue weighted by molar-refractivity contribution is -0.160. The zero-order valence-electron chi connectivity index (χ0n) is 18.6. The molecule has 10 heteroatoms. The van der Waals surface area contributed by atoms with Crippen LogP contribution in [0.5, 0.6) is 0 Å². The fourth-order valence-corrected chi connectivity index (χ4v) is 4.18. The molecule has 0 spiro atoms. The third-order valence-electron chi connectivity index (χ3n) is 4.81. The van der Waals surface area contributed by atoms with Crippen molar-refractivity contribution in [2.45, 2.75) is 43.8 Å². The molecule has 0 aliphatic heterocycles. The Morgan fingerprint density at radius 3 is 2.09 bits per heavy atom. The van der Waals surface area contributed by atoms with Gasteiger partial charge in [0.15, 0.2) is 0 Å². The molecular formula is C23H25F4NO4S. The molecule has 2 atom stereocenters. The molecule has 180 valence electrons. The summed E-state index contributed by atoms with van der Waals surface area (Å²) in [7, 11) is -5.26. The Kier molecular flexibility index (Phi) is 7.75. The fourth-order valence-electron chi connectivity index (χ4n) is 3.35. The number of ether oxygens (including phenoxy) is 1. The number of hydrogen-bond donors (Lipinski definition) is 0. The molecule has 0 heterocycles. The smallest absolute Gasteiger partial charge is 0.459 e. The summed E-state index contributed by atoms with van der Waals surface area (Å²) in [5, 5.41) is 0. The van der Waals surface area contributed by atoms with Gasteiger partial charge in [-0.1, -0.05) is 49.1 Å². The Morgan fingerprint density at radius 2 is 1.61 bits per heavy atom. The molecule has 5 nitrogen and oxygen atoms in total. The monoisotopic (exact) mass is 487 g/mol. The highest BCUT2D eigenvalue weighted by atomic mass is 32.2. The van der Waals surface area contributed by atoms with E-state index in [4.69, 9.17) is 4.74 Å². The summed E-state index contributed by atoms with van der Waals surface area (Å²) in [6.45, 7) is 8.20. The van der Waals surface area contributed by atoms with Crippen LogP contribution in [0.4, 0.5) is 17.6 Å². The SMILES string of the molecule is C=Cc1ccccc1[C@H](c1ccc(F)cc1)[C@@H](C(=O)OC(C)(C)C)N(C)S(=O)(=O)C(F)(F)F. The average molecular weight is 488 g/mol. The van der Waals surface area contributed by atoms with Crippen molar-refractivity contribution in [3.63, 3.8) is 0 Å². The lowest BCUT2D eigenvalue weighted by atomic mass is 9.82. The molecule has 33 heavy (non-hydrogen) atoms. The third kappa shape index (κ3) is 6.00. The number of carbonyl (C=O) groups is 1. The lowest BCUT2D eigenvalue weighted by Gasteiger charge is -2.35. The molecule has 2 aromatic carbocycles. The average Bonchev–Trinajstić information content (AvgIpc) is 2.70. The molecule has 2 rings (SSSR count). The lowest BCUT2D eigenvalue weighted by Crippen LogP contribution is -2.52. The Balaban J connectivity index is 2.86. The third-order valence-corrected chi connectivity index (χ3v) is 6.38. The van der Waals surface area contributed by atoms with Gasteiger partial charge in [0.1, 0.15) is 17.5 Å². The second-order valence-corrected chi connectivity index (χ2v) is 10.3. The van der Waals surface area contributed by atoms with Crippen LogP contribution in [0.3, 0.4) is 0 Å². The topological polar surface area (TPSA) is 63.7 Å². The van der Waals surface area contributed by atoms with Crippen LogP contribution in [0.2, 0.25) is 0 Å². The first-order valence-electron chi connectivity index (χ1n) is 9.84. The zero-order chi connectivity index (χ0) is 25.2. The Bertz CT molecular complexity index is 1110. The highest BCUT2D eigenvalue weighted by molar-refractivity contribution is 7.90. The highest BCUT2D eigenvalue weighted by Gasteiger charge is 2.54. The van der Waals surface area contributed by atoms with Crippen molar-refractivity contribution in [3.05, 3.63) is 77.6 Å². The Labute approximate surface area is 190 Å². The van der Waals surface area contributed by atoms with Crippen LogP contribution in [0, 0.1) is 5.82 Å². The summed E-state index contributed by atoms with van der Waals surface area (Å²) in [4.78, 5) is 13.2. The fraction of sp³-hybridized carbons (Fsp3) is 0.348. The number of likely N-dealkylation sites (N-methyl/N-ethyl adjacent to an activating group) is 1. The molecule has 0 bridgehead atoms. The summed E-state index contributed by atoms with van der Waals surface area (Å²) < 4.78 is 84.0. The van der Waals surface area contributed by atoms with E-state index in [1.807, 2.05) is 0 Å². The van der Waals surface area contributed by atoms with E-state index in [1.165, 1.54) is 45.0 Å². The molecule has 0 saturated carbocycles. The summed E-state index contributed by atoms with van der Waals surface area (Å²) in [6, 6.07) is 9.15. The van der Waals surface area contributed by atoms with Crippen molar-refractivity contribution in [1.29, 1.82) is 0 Å². The minimum atomic E-state index is -5.93. The molecule has 0 aliphatic rings. The summed E-state index contributed by atoms with van der Waals surface area (Å²) in [5.74, 6) is -3.07. The van der Waals surface area contributed by atoms with Gasteiger partial charge >= 0.3 is 21.5 Å². The maximum atomic E-state index is 13.6. The highest BCUT2D eigenvalue weighted by Crippen LogP contribution is 2.38. The molecule has 0 N–H and O–H groups in total. The van der Waals surface area contributed by atoms with Crippen molar-refractivity contribution in [1.82, 2.24) is 4.31 Å². The van der Waals surface area contributed by atoms with Gasteiger partial charge in [0.05, 0.1) is 0 Å². The predicted octanol–water partition coefficient (Wildman–Crippen LogP) is 5.09. The van der Waals surface area contributed by atoms with Gasteiger partial charge in [0.25, 0.3) is 0 Å². The van der Waals surface area contributed by atoms with Gasteiger partial charge in [-0.25, -0.2) is 12.8 Å². The molecule has 0 fully saturated rings. The van der Waals surface area contributed by atoms with Gasteiger partial charge < -0.3 is 4.74 Å². The largest absolute Gasteiger partial charge is 0.511 e. The van der Waals surface area contributed by atoms with E-state index >= 15 is 0 Å². The maximum absolute atomic E-state index is 13.6. The van der Waals surface area contributed by atoms with Gasteiger partial charge in [-0.15, -0.1) is 0 Å². The number of nitrogens with zero attached hydrogens (tertiary/aromatic N) is 1. The quantitative estimate of drug-likeness (QED) is 0.403. The van der Waals surface area contributed by atoms with Gasteiger partial charge in [0.2, 0.25) is 0 Å². The number of hydrogen-bond acceptors (Lipinski definition) is 4. The van der Waals surface area contributed by atoms with Crippen molar-refractivity contribution < 1.29 is 35.5 Å². The van der Waals surface area contributed by atoms with Gasteiger partial charge in [-0.3, -0.25) is 4.79 Å². The number of alkyl halides is 3. The molecule has 0 aromatic heterocycles. The molecule has 2 aromatic rings. The maximum Gasteiger partial charge on any atom is 0.511 e. The molecule has 0 amide bonds. The van der Waals surface area contributed by atoms with Gasteiger partial charge in [0, 0.05) is 13.0 Å². The number of halogens is 4. The van der Waals surface area contributed by atoms with Gasteiger partial charge in [-0.05, 0) is 49.6 Å². The normalized spacial score (nSPS) is 14.6. The molecular weight excluding hydrogens is 462 g/mol. The first kappa shape index (κ1) is 26.5. The van der Waals surface area contributed by atoms with Crippen LogP contribution in [0.1, 0.15) is 43.4 Å². The minimum absolute atomic E-state index is 0.0328. The standard InChI is InChI=1S/C23H25F4NO4S/c1-6-15-9-7-8-10-18(15)19(16-11-13-17(24)14-12-16)20(21(29)32-22(2,3)4)28(5)33(30,31)23(25,26)27/h6-14,19-20H,1H2,2-5H3/t19-,20-/m0/s1. The van der Waals surface area contributed by atoms with Crippen molar-refractivity contribution in [3.8, 4) is 0 Å². The molecule has 0 aliphatic carbocycles. The molecule has 0 unspecified atom stereocenters. The number of rotatable bonds is 7. The van der Waals surface area contributed by atoms with Gasteiger partial charge in [-0.2, -0.15) is 17.5 Å². The first-order valence-corrected chi connectivity index (χ1v) is 11.3. The van der Waals surface area contributed by atoms with Crippen LogP contribution in [0.15, 0.2) is 55.1 Å². The summed E-state index contributed by atoms with van der Waals surface area (Å²) >= 11 is 0. The first-order chi connectivity index (χ1) is 15.1. The second-order valence-electron chi connectivity index (χ2n) is 8.31. The Hall–Kier alpha value is -2.72. The van der Waals surface area contributed by atoms with E-state index in [0.29, 0.717) is 18.2 Å². The van der Waals surface area contributed by atoms with Crippen molar-refractivity contribution in [2.75, 3.05) is 7.05 Å². The van der Waals surface area contributed by atoms with E-state index < -0.39 is 44.9 Å². The van der Waals surface area contributed by atoms with Crippen LogP contribution in [0.25, 0.3) is 6.08 Å². The minimum Gasteiger partial charge on any atom is -0.459 e. The summed E-state index contributed by atoms with van der Waals surface area (Å²) in [5.41, 5.74) is -5.79. The van der Waals surface area contributed by atoms with Crippen LogP contribution in [-0.4, -0.2) is 42.9 Å². The number of esters is 1.